The summed E-state index contributed by atoms with van der Waals surface area (Å²) in [5.74, 6) is 1.11. The highest BCUT2D eigenvalue weighted by Gasteiger charge is 2.17. The monoisotopic (exact) mass is 386 g/mol. The van der Waals surface area contributed by atoms with Crippen LogP contribution in [0.4, 0.5) is 0 Å². The first kappa shape index (κ1) is 19.3. The molecule has 2 aromatic heterocycles. The van der Waals surface area contributed by atoms with E-state index in [0.717, 1.165) is 4.57 Å². The van der Waals surface area contributed by atoms with Gasteiger partial charge < -0.3 is 4.74 Å². The van der Waals surface area contributed by atoms with E-state index in [-0.39, 0.29) is 12.2 Å². The van der Waals surface area contributed by atoms with E-state index in [1.165, 1.54) is 40.1 Å². The highest BCUT2D eigenvalue weighted by molar-refractivity contribution is 7.98. The van der Waals surface area contributed by atoms with E-state index in [1.54, 1.807) is 14.2 Å². The minimum atomic E-state index is -0.417. The van der Waals surface area contributed by atoms with Gasteiger partial charge >= 0.3 is 5.69 Å². The molecule has 0 fully saturated rings. The van der Waals surface area contributed by atoms with Gasteiger partial charge in [-0.25, -0.2) is 14.8 Å². The van der Waals surface area contributed by atoms with Crippen LogP contribution in [0.25, 0.3) is 11.0 Å². The molecule has 3 aromatic rings. The summed E-state index contributed by atoms with van der Waals surface area (Å²) in [5.41, 5.74) is 3.07. The Kier molecular flexibility index (Phi) is 5.48. The van der Waals surface area contributed by atoms with Crippen molar-refractivity contribution in [3.8, 4) is 0 Å². The van der Waals surface area contributed by atoms with E-state index in [4.69, 9.17) is 4.74 Å². The van der Waals surface area contributed by atoms with Crippen LogP contribution in [0.2, 0.25) is 0 Å². The minimum Gasteiger partial charge on any atom is -0.377 e. The van der Waals surface area contributed by atoms with Gasteiger partial charge in [-0.05, 0) is 25.0 Å². The Morgan fingerprint density at radius 2 is 1.85 bits per heavy atom. The van der Waals surface area contributed by atoms with Gasteiger partial charge in [-0.2, -0.15) is 0 Å². The van der Waals surface area contributed by atoms with Crippen molar-refractivity contribution < 1.29 is 4.74 Å². The Morgan fingerprint density at radius 3 is 2.56 bits per heavy atom. The van der Waals surface area contributed by atoms with Crippen LogP contribution in [-0.2, 0) is 31.2 Å². The van der Waals surface area contributed by atoms with Crippen LogP contribution in [-0.4, -0.2) is 26.2 Å². The third-order valence-electron chi connectivity index (χ3n) is 4.46. The van der Waals surface area contributed by atoms with Crippen molar-refractivity contribution in [1.29, 1.82) is 0 Å². The molecule has 8 heteroatoms. The lowest BCUT2D eigenvalue weighted by atomic mass is 10.1. The highest BCUT2D eigenvalue weighted by atomic mass is 32.2. The Hall–Kier alpha value is -2.45. The van der Waals surface area contributed by atoms with E-state index < -0.39 is 5.69 Å². The van der Waals surface area contributed by atoms with Crippen molar-refractivity contribution in [3.05, 3.63) is 61.6 Å². The predicted octanol–water partition coefficient (Wildman–Crippen LogP) is 2.08. The van der Waals surface area contributed by atoms with Crippen LogP contribution in [0.1, 0.15) is 22.5 Å². The number of hydrogen-bond donors (Lipinski definition) is 0. The maximum absolute atomic E-state index is 12.7. The molecule has 0 N–H and O–H groups in total. The van der Waals surface area contributed by atoms with Gasteiger partial charge in [0.1, 0.15) is 17.0 Å². The average molecular weight is 386 g/mol. The lowest BCUT2D eigenvalue weighted by Gasteiger charge is -2.12. The largest absolute Gasteiger partial charge is 0.377 e. The zero-order chi connectivity index (χ0) is 19.7. The summed E-state index contributed by atoms with van der Waals surface area (Å²) in [7, 11) is 4.62. The average Bonchev–Trinajstić information content (AvgIpc) is 2.65. The van der Waals surface area contributed by atoms with Gasteiger partial charge in [0, 0.05) is 27.0 Å². The summed E-state index contributed by atoms with van der Waals surface area (Å²) in [6, 6.07) is 6.30. The molecule has 0 saturated carbocycles. The molecular formula is C19H22N4O3S. The third kappa shape index (κ3) is 3.68. The number of fused-ring (bicyclic) bond motifs is 1. The number of methoxy groups -OCH3 is 1. The molecule has 0 spiro atoms. The molecule has 0 saturated heterocycles. The fourth-order valence-electron chi connectivity index (χ4n) is 2.87. The molecule has 0 aliphatic rings. The van der Waals surface area contributed by atoms with Crippen LogP contribution < -0.4 is 11.2 Å². The van der Waals surface area contributed by atoms with Gasteiger partial charge in [-0.1, -0.05) is 23.8 Å². The van der Waals surface area contributed by atoms with Crippen LogP contribution >= 0.6 is 11.8 Å². The van der Waals surface area contributed by atoms with Crippen LogP contribution in [0, 0.1) is 13.8 Å². The first-order valence-corrected chi connectivity index (χ1v) is 9.46. The lowest BCUT2D eigenvalue weighted by Crippen LogP contribution is -2.37. The highest BCUT2D eigenvalue weighted by Crippen LogP contribution is 2.27. The van der Waals surface area contributed by atoms with Crippen LogP contribution in [0.3, 0.4) is 0 Å². The molecular weight excluding hydrogens is 364 g/mol. The first-order valence-electron chi connectivity index (χ1n) is 8.48. The number of ether oxygens (including phenoxy) is 1. The number of aromatic nitrogens is 4. The van der Waals surface area contributed by atoms with Gasteiger partial charge in [0.15, 0.2) is 11.5 Å². The number of aryl methyl sites for hydroxylation is 3. The summed E-state index contributed by atoms with van der Waals surface area (Å²) in [4.78, 5) is 33.9. The molecule has 0 atom stereocenters. The smallest absolute Gasteiger partial charge is 0.332 e. The van der Waals surface area contributed by atoms with Crippen molar-refractivity contribution >= 4 is 22.8 Å². The van der Waals surface area contributed by atoms with Crippen molar-refractivity contribution in [3.63, 3.8) is 0 Å². The lowest BCUT2D eigenvalue weighted by molar-refractivity contribution is 0.177. The second-order valence-corrected chi connectivity index (χ2v) is 7.47. The first-order chi connectivity index (χ1) is 12.8. The number of nitrogens with zero attached hydrogens (tertiary/aromatic N) is 4. The summed E-state index contributed by atoms with van der Waals surface area (Å²) in [6.45, 7) is 4.32. The molecule has 0 aliphatic heterocycles. The third-order valence-corrected chi connectivity index (χ3v) is 5.48. The molecule has 27 heavy (non-hydrogen) atoms. The minimum absolute atomic E-state index is 0.205. The summed E-state index contributed by atoms with van der Waals surface area (Å²) in [6.07, 6.45) is 0. The number of thioether (sulfide) groups is 1. The molecule has 142 valence electrons. The quantitative estimate of drug-likeness (QED) is 0.493. The molecule has 7 nitrogen and oxygen atoms in total. The van der Waals surface area contributed by atoms with E-state index in [9.17, 15) is 9.59 Å². The zero-order valence-electron chi connectivity index (χ0n) is 16.1. The van der Waals surface area contributed by atoms with Gasteiger partial charge in [0.2, 0.25) is 0 Å². The van der Waals surface area contributed by atoms with Gasteiger partial charge in [0.05, 0.1) is 0 Å². The van der Waals surface area contributed by atoms with E-state index in [0.29, 0.717) is 27.6 Å². The molecule has 0 aliphatic carbocycles. The van der Waals surface area contributed by atoms with Crippen LogP contribution in [0.5, 0.6) is 0 Å². The van der Waals surface area contributed by atoms with Gasteiger partial charge in [0.25, 0.3) is 5.56 Å². The fraction of sp³-hybridized carbons (Fsp3) is 0.368. The van der Waals surface area contributed by atoms with Crippen molar-refractivity contribution in [2.24, 2.45) is 14.1 Å². The maximum atomic E-state index is 12.7. The van der Waals surface area contributed by atoms with Gasteiger partial charge in [-0.3, -0.25) is 13.9 Å². The summed E-state index contributed by atoms with van der Waals surface area (Å²) in [5, 5.41) is 0.916. The molecule has 1 aromatic carbocycles. The Labute approximate surface area is 161 Å². The zero-order valence-corrected chi connectivity index (χ0v) is 16.9. The van der Waals surface area contributed by atoms with Crippen molar-refractivity contribution in [2.45, 2.75) is 31.2 Å². The van der Waals surface area contributed by atoms with E-state index in [1.807, 2.05) is 0 Å². The number of rotatable bonds is 5. The molecule has 2 heterocycles. The SMILES string of the molecule is COCc1nc(SCc2cc(C)ccc2C)c2c(=O)n(C)c(=O)n(C)c2n1. The van der Waals surface area contributed by atoms with Crippen molar-refractivity contribution in [2.75, 3.05) is 7.11 Å². The Balaban J connectivity index is 2.17. The molecule has 0 bridgehead atoms. The maximum Gasteiger partial charge on any atom is 0.332 e. The predicted molar refractivity (Wildman–Crippen MR) is 106 cm³/mol. The second kappa shape index (κ2) is 7.66. The Bertz CT molecular complexity index is 1130. The fourth-order valence-corrected chi connectivity index (χ4v) is 3.97. The van der Waals surface area contributed by atoms with Crippen LogP contribution in [0.15, 0.2) is 32.8 Å². The second-order valence-electron chi connectivity index (χ2n) is 6.50. The topological polar surface area (TPSA) is 79.0 Å². The summed E-state index contributed by atoms with van der Waals surface area (Å²) < 4.78 is 7.61. The number of hydrogen-bond acceptors (Lipinski definition) is 6. The van der Waals surface area contributed by atoms with E-state index in [2.05, 4.69) is 42.0 Å². The molecule has 3 rings (SSSR count). The van der Waals surface area contributed by atoms with E-state index >= 15 is 0 Å². The van der Waals surface area contributed by atoms with Crippen molar-refractivity contribution in [1.82, 2.24) is 19.1 Å². The van der Waals surface area contributed by atoms with Gasteiger partial charge in [-0.15, -0.1) is 11.8 Å². The Morgan fingerprint density at radius 1 is 1.11 bits per heavy atom. The summed E-state index contributed by atoms with van der Waals surface area (Å²) >= 11 is 1.47. The molecule has 0 amide bonds. The molecule has 0 unspecified atom stereocenters. The standard InChI is InChI=1S/C19H22N4O3S/c1-11-6-7-12(2)13(8-11)10-27-17-15-16(20-14(21-17)9-26-5)22(3)19(25)23(4)18(15)24/h6-8H,9-10H2,1-5H3. The number of benzene rings is 1. The molecule has 0 radical (unpaired) electrons. The normalized spacial score (nSPS) is 11.3.